The average Bonchev–Trinajstić information content (AvgIpc) is 3.32. The van der Waals surface area contributed by atoms with E-state index in [1.807, 2.05) is 24.3 Å². The molecule has 0 unspecified atom stereocenters. The Kier molecular flexibility index (Phi) is 8.39. The van der Waals surface area contributed by atoms with Gasteiger partial charge in [0.2, 0.25) is 10.0 Å². The molecule has 0 atom stereocenters. The van der Waals surface area contributed by atoms with Gasteiger partial charge in [-0.2, -0.15) is 4.31 Å². The lowest BCUT2D eigenvalue weighted by Gasteiger charge is -2.22. The molecule has 4 aromatic rings. The topological polar surface area (TPSA) is 72.1 Å². The minimum atomic E-state index is -3.90. The Bertz CT molecular complexity index is 1490. The van der Waals surface area contributed by atoms with Gasteiger partial charge < -0.3 is 9.15 Å². The number of methoxy groups -OCH3 is 1. The number of ether oxygens (including phenoxy) is 1. The molecular weight excluding hydrogens is 543 g/mol. The first-order valence-electron chi connectivity index (χ1n) is 10.7. The number of aliphatic imine (C=N–C) groups is 1. The van der Waals surface area contributed by atoms with Gasteiger partial charge in [0.15, 0.2) is 0 Å². The zero-order valence-electron chi connectivity index (χ0n) is 19.1. The van der Waals surface area contributed by atoms with Crippen LogP contribution in [0.1, 0.15) is 17.1 Å². The van der Waals surface area contributed by atoms with Crippen LogP contribution in [0.3, 0.4) is 0 Å². The van der Waals surface area contributed by atoms with E-state index in [1.165, 1.54) is 28.6 Å². The highest BCUT2D eigenvalue weighted by Crippen LogP contribution is 2.28. The molecule has 0 aliphatic carbocycles. The van der Waals surface area contributed by atoms with Crippen LogP contribution in [0.5, 0.6) is 5.75 Å². The Morgan fingerprint density at radius 2 is 1.67 bits per heavy atom. The molecular formula is C26H21Cl3N2O4S. The van der Waals surface area contributed by atoms with Gasteiger partial charge in [0, 0.05) is 11.6 Å². The summed E-state index contributed by atoms with van der Waals surface area (Å²) in [6.07, 6.45) is 1.55. The number of sulfonamides is 1. The van der Waals surface area contributed by atoms with Crippen LogP contribution in [0.15, 0.2) is 93.2 Å². The van der Waals surface area contributed by atoms with Gasteiger partial charge in [0.05, 0.1) is 34.8 Å². The number of furan rings is 1. The third-order valence-electron chi connectivity index (χ3n) is 5.23. The highest BCUT2D eigenvalue weighted by Gasteiger charge is 2.26. The van der Waals surface area contributed by atoms with E-state index in [0.29, 0.717) is 43.6 Å². The van der Waals surface area contributed by atoms with Gasteiger partial charge in [0.25, 0.3) is 0 Å². The maximum atomic E-state index is 13.5. The Hall–Kier alpha value is -2.81. The molecule has 0 aliphatic rings. The van der Waals surface area contributed by atoms with E-state index in [0.717, 1.165) is 0 Å². The summed E-state index contributed by atoms with van der Waals surface area (Å²) in [6.45, 7) is 0.0287. The SMILES string of the molecule is COc1ccccc1N=Cc1ccc(CN(Cc2ccc(Cl)c(Cl)c2)S(=O)(=O)c2ccc(Cl)cc2)o1. The summed E-state index contributed by atoms with van der Waals surface area (Å²) in [5.41, 5.74) is 1.32. The summed E-state index contributed by atoms with van der Waals surface area (Å²) in [4.78, 5) is 4.52. The quantitative estimate of drug-likeness (QED) is 0.199. The van der Waals surface area contributed by atoms with Crippen molar-refractivity contribution >= 4 is 56.7 Å². The Balaban J connectivity index is 1.61. The first-order chi connectivity index (χ1) is 17.3. The fourth-order valence-electron chi connectivity index (χ4n) is 3.42. The molecule has 1 aromatic heterocycles. The Labute approximate surface area is 224 Å². The molecule has 0 bridgehead atoms. The smallest absolute Gasteiger partial charge is 0.243 e. The van der Waals surface area contributed by atoms with Crippen LogP contribution >= 0.6 is 34.8 Å². The second kappa shape index (κ2) is 11.5. The third kappa shape index (κ3) is 6.30. The summed E-state index contributed by atoms with van der Waals surface area (Å²) < 4.78 is 39.6. The van der Waals surface area contributed by atoms with Crippen molar-refractivity contribution in [3.05, 3.63) is 111 Å². The minimum absolute atomic E-state index is 0.0201. The summed E-state index contributed by atoms with van der Waals surface area (Å²) in [7, 11) is -2.33. The van der Waals surface area contributed by atoms with E-state index in [2.05, 4.69) is 4.99 Å². The normalized spacial score (nSPS) is 11.9. The van der Waals surface area contributed by atoms with E-state index in [4.69, 9.17) is 44.0 Å². The van der Waals surface area contributed by atoms with Gasteiger partial charge in [-0.05, 0) is 66.2 Å². The monoisotopic (exact) mass is 562 g/mol. The van der Waals surface area contributed by atoms with Crippen molar-refractivity contribution in [1.82, 2.24) is 4.31 Å². The molecule has 0 saturated heterocycles. The maximum absolute atomic E-state index is 13.5. The lowest BCUT2D eigenvalue weighted by Crippen LogP contribution is -2.30. The fourth-order valence-corrected chi connectivity index (χ4v) is 5.26. The molecule has 0 saturated carbocycles. The molecule has 0 radical (unpaired) electrons. The molecule has 0 amide bonds. The minimum Gasteiger partial charge on any atom is -0.494 e. The molecule has 0 N–H and O–H groups in total. The zero-order valence-corrected chi connectivity index (χ0v) is 22.2. The van der Waals surface area contributed by atoms with E-state index in [-0.39, 0.29) is 18.0 Å². The lowest BCUT2D eigenvalue weighted by molar-refractivity contribution is 0.357. The van der Waals surface area contributed by atoms with Crippen molar-refractivity contribution in [3.8, 4) is 5.75 Å². The van der Waals surface area contributed by atoms with Crippen LogP contribution in [0.4, 0.5) is 5.69 Å². The number of hydrogen-bond donors (Lipinski definition) is 0. The van der Waals surface area contributed by atoms with Crippen molar-refractivity contribution in [3.63, 3.8) is 0 Å². The number of nitrogens with zero attached hydrogens (tertiary/aromatic N) is 2. The largest absolute Gasteiger partial charge is 0.494 e. The lowest BCUT2D eigenvalue weighted by atomic mass is 10.2. The molecule has 6 nitrogen and oxygen atoms in total. The molecule has 4 rings (SSSR count). The van der Waals surface area contributed by atoms with Crippen LogP contribution < -0.4 is 4.74 Å². The van der Waals surface area contributed by atoms with Gasteiger partial charge in [-0.15, -0.1) is 0 Å². The number of benzene rings is 3. The summed E-state index contributed by atoms with van der Waals surface area (Å²) in [6, 6.07) is 21.8. The Morgan fingerprint density at radius 1 is 0.917 bits per heavy atom. The number of rotatable bonds is 9. The molecule has 1 heterocycles. The zero-order chi connectivity index (χ0) is 25.7. The molecule has 0 fully saturated rings. The number of para-hydroxylation sites is 2. The van der Waals surface area contributed by atoms with Crippen molar-refractivity contribution in [2.24, 2.45) is 4.99 Å². The average molecular weight is 564 g/mol. The van der Waals surface area contributed by atoms with Crippen LogP contribution in [-0.4, -0.2) is 26.0 Å². The van der Waals surface area contributed by atoms with Gasteiger partial charge in [0.1, 0.15) is 23.0 Å². The van der Waals surface area contributed by atoms with Gasteiger partial charge in [-0.1, -0.05) is 53.0 Å². The molecule has 3 aromatic carbocycles. The summed E-state index contributed by atoms with van der Waals surface area (Å²) in [5.74, 6) is 1.53. The second-order valence-electron chi connectivity index (χ2n) is 7.71. The number of halogens is 3. The molecule has 10 heteroatoms. The predicted molar refractivity (Wildman–Crippen MR) is 143 cm³/mol. The van der Waals surface area contributed by atoms with Crippen LogP contribution in [-0.2, 0) is 23.1 Å². The van der Waals surface area contributed by atoms with E-state index in [1.54, 1.807) is 43.7 Å². The first kappa shape index (κ1) is 26.3. The van der Waals surface area contributed by atoms with Crippen LogP contribution in [0.25, 0.3) is 0 Å². The van der Waals surface area contributed by atoms with Gasteiger partial charge >= 0.3 is 0 Å². The van der Waals surface area contributed by atoms with E-state index in [9.17, 15) is 8.42 Å². The standard InChI is InChI=1S/C26H21Cl3N2O4S/c1-34-26-5-3-2-4-25(26)30-15-20-9-10-21(35-20)17-31(16-18-6-13-23(28)24(29)14-18)36(32,33)22-11-7-19(27)8-12-22/h2-15H,16-17H2,1H3. The van der Waals surface area contributed by atoms with Crippen LogP contribution in [0.2, 0.25) is 15.1 Å². The van der Waals surface area contributed by atoms with Crippen molar-refractivity contribution in [2.45, 2.75) is 18.0 Å². The number of hydrogen-bond acceptors (Lipinski definition) is 5. The maximum Gasteiger partial charge on any atom is 0.243 e. The Morgan fingerprint density at radius 3 is 2.39 bits per heavy atom. The second-order valence-corrected chi connectivity index (χ2v) is 10.9. The molecule has 0 aliphatic heterocycles. The molecule has 0 spiro atoms. The van der Waals surface area contributed by atoms with Gasteiger partial charge in [-0.25, -0.2) is 13.4 Å². The summed E-state index contributed by atoms with van der Waals surface area (Å²) in [5, 5.41) is 1.17. The van der Waals surface area contributed by atoms with Crippen molar-refractivity contribution < 1.29 is 17.6 Å². The van der Waals surface area contributed by atoms with E-state index >= 15 is 0 Å². The highest BCUT2D eigenvalue weighted by molar-refractivity contribution is 7.89. The van der Waals surface area contributed by atoms with Crippen molar-refractivity contribution in [1.29, 1.82) is 0 Å². The van der Waals surface area contributed by atoms with Crippen LogP contribution in [0, 0.1) is 0 Å². The first-order valence-corrected chi connectivity index (χ1v) is 13.3. The van der Waals surface area contributed by atoms with Crippen molar-refractivity contribution in [2.75, 3.05) is 7.11 Å². The molecule has 186 valence electrons. The van der Waals surface area contributed by atoms with Gasteiger partial charge in [-0.3, -0.25) is 0 Å². The fraction of sp³-hybridized carbons (Fsp3) is 0.115. The summed E-state index contributed by atoms with van der Waals surface area (Å²) >= 11 is 18.1. The highest BCUT2D eigenvalue weighted by atomic mass is 35.5. The third-order valence-corrected chi connectivity index (χ3v) is 8.02. The van der Waals surface area contributed by atoms with E-state index < -0.39 is 10.0 Å². The molecule has 36 heavy (non-hydrogen) atoms. The predicted octanol–water partition coefficient (Wildman–Crippen LogP) is 7.39.